The lowest BCUT2D eigenvalue weighted by atomic mass is 10.4. The summed E-state index contributed by atoms with van der Waals surface area (Å²) >= 11 is 0. The molecule has 0 aromatic carbocycles. The highest BCUT2D eigenvalue weighted by Crippen LogP contribution is 2.18. The predicted molar refractivity (Wildman–Crippen MR) is 50.3 cm³/mol. The monoisotopic (exact) mass is 186 g/mol. The van der Waals surface area contributed by atoms with Crippen molar-refractivity contribution in [2.75, 3.05) is 19.8 Å². The lowest BCUT2D eigenvalue weighted by Gasteiger charge is -2.03. The molecule has 1 aliphatic rings. The van der Waals surface area contributed by atoms with Gasteiger partial charge in [-0.15, -0.1) is 0 Å². The Hall–Kier alpha value is -0.610. The van der Waals surface area contributed by atoms with Crippen LogP contribution in [-0.2, 0) is 9.53 Å². The topological polar surface area (TPSA) is 64.3 Å². The van der Waals surface area contributed by atoms with Crippen molar-refractivity contribution in [3.05, 3.63) is 0 Å². The van der Waals surface area contributed by atoms with Crippen LogP contribution in [0.3, 0.4) is 0 Å². The zero-order valence-corrected chi connectivity index (χ0v) is 7.92. The summed E-state index contributed by atoms with van der Waals surface area (Å²) in [6.07, 6.45) is 3.62. The molecule has 3 N–H and O–H groups in total. The van der Waals surface area contributed by atoms with Crippen LogP contribution in [0, 0.1) is 0 Å². The summed E-state index contributed by atoms with van der Waals surface area (Å²) in [5.74, 6) is 0.107. The molecule has 4 heteroatoms. The molecule has 0 spiro atoms. The van der Waals surface area contributed by atoms with E-state index in [1.54, 1.807) is 0 Å². The summed E-state index contributed by atoms with van der Waals surface area (Å²) in [6, 6.07) is 0.455. The maximum Gasteiger partial charge on any atom is 0.222 e. The van der Waals surface area contributed by atoms with Gasteiger partial charge in [0.15, 0.2) is 0 Å². The summed E-state index contributed by atoms with van der Waals surface area (Å²) in [5.41, 5.74) is 5.29. The fraction of sp³-hybridized carbons (Fsp3) is 0.889. The summed E-state index contributed by atoms with van der Waals surface area (Å²) in [4.78, 5) is 11.1. The van der Waals surface area contributed by atoms with E-state index in [1.165, 1.54) is 0 Å². The van der Waals surface area contributed by atoms with Crippen molar-refractivity contribution in [3.8, 4) is 0 Å². The van der Waals surface area contributed by atoms with Crippen molar-refractivity contribution >= 4 is 5.91 Å². The summed E-state index contributed by atoms with van der Waals surface area (Å²) in [6.45, 7) is 1.82. The molecule has 0 radical (unpaired) electrons. The fourth-order valence-corrected chi connectivity index (χ4v) is 0.980. The number of amides is 1. The quantitative estimate of drug-likeness (QED) is 0.551. The lowest BCUT2D eigenvalue weighted by molar-refractivity contribution is -0.122. The minimum atomic E-state index is 0.107. The highest BCUT2D eigenvalue weighted by Gasteiger charge is 2.22. The molecule has 0 bridgehead atoms. The number of carbonyl (C=O) groups is 1. The molecule has 1 fully saturated rings. The van der Waals surface area contributed by atoms with Crippen molar-refractivity contribution < 1.29 is 9.53 Å². The fourth-order valence-electron chi connectivity index (χ4n) is 0.980. The molecule has 0 aromatic rings. The van der Waals surface area contributed by atoms with Gasteiger partial charge in [0, 0.05) is 19.1 Å². The van der Waals surface area contributed by atoms with Gasteiger partial charge >= 0.3 is 0 Å². The number of carbonyl (C=O) groups excluding carboxylic acids is 1. The van der Waals surface area contributed by atoms with Gasteiger partial charge in [-0.25, -0.2) is 0 Å². The average Bonchev–Trinajstić information content (AvgIpc) is 2.88. The van der Waals surface area contributed by atoms with Crippen LogP contribution in [0.1, 0.15) is 25.7 Å². The lowest BCUT2D eigenvalue weighted by Crippen LogP contribution is -2.26. The zero-order chi connectivity index (χ0) is 9.52. The average molecular weight is 186 g/mol. The van der Waals surface area contributed by atoms with Crippen LogP contribution >= 0.6 is 0 Å². The Morgan fingerprint density at radius 3 is 2.85 bits per heavy atom. The van der Waals surface area contributed by atoms with Gasteiger partial charge in [-0.3, -0.25) is 4.79 Å². The first-order valence-corrected chi connectivity index (χ1v) is 4.90. The SMILES string of the molecule is NCCCOCCC(=O)NC1CC1. The van der Waals surface area contributed by atoms with Crippen LogP contribution in [0.25, 0.3) is 0 Å². The minimum absolute atomic E-state index is 0.107. The van der Waals surface area contributed by atoms with E-state index in [2.05, 4.69) is 5.32 Å². The van der Waals surface area contributed by atoms with Gasteiger partial charge in [0.05, 0.1) is 6.61 Å². The van der Waals surface area contributed by atoms with Crippen LogP contribution in [0.5, 0.6) is 0 Å². The molecule has 1 aliphatic carbocycles. The number of rotatable bonds is 7. The number of hydrogen-bond acceptors (Lipinski definition) is 3. The number of ether oxygens (including phenoxy) is 1. The van der Waals surface area contributed by atoms with Crippen LogP contribution in [-0.4, -0.2) is 31.7 Å². The molecule has 0 heterocycles. The number of hydrogen-bond donors (Lipinski definition) is 2. The third-order valence-corrected chi connectivity index (χ3v) is 1.91. The van der Waals surface area contributed by atoms with Gasteiger partial charge in [-0.05, 0) is 25.8 Å². The molecular weight excluding hydrogens is 168 g/mol. The first-order chi connectivity index (χ1) is 6.33. The van der Waals surface area contributed by atoms with Gasteiger partial charge in [-0.1, -0.05) is 0 Å². The Morgan fingerprint density at radius 1 is 1.46 bits per heavy atom. The van der Waals surface area contributed by atoms with Crippen LogP contribution < -0.4 is 11.1 Å². The second-order valence-electron chi connectivity index (χ2n) is 3.35. The largest absolute Gasteiger partial charge is 0.381 e. The Kier molecular flexibility index (Phi) is 4.78. The highest BCUT2D eigenvalue weighted by molar-refractivity contribution is 5.76. The van der Waals surface area contributed by atoms with Gasteiger partial charge in [-0.2, -0.15) is 0 Å². The van der Waals surface area contributed by atoms with Crippen molar-refractivity contribution in [1.29, 1.82) is 0 Å². The molecule has 0 aromatic heterocycles. The third-order valence-electron chi connectivity index (χ3n) is 1.91. The first-order valence-electron chi connectivity index (χ1n) is 4.90. The van der Waals surface area contributed by atoms with Crippen molar-refractivity contribution in [2.24, 2.45) is 5.73 Å². The van der Waals surface area contributed by atoms with Crippen LogP contribution in [0.4, 0.5) is 0 Å². The maximum absolute atomic E-state index is 11.1. The molecule has 76 valence electrons. The predicted octanol–water partition coefficient (Wildman–Crippen LogP) is 0.0205. The van der Waals surface area contributed by atoms with E-state index >= 15 is 0 Å². The van der Waals surface area contributed by atoms with Crippen LogP contribution in [0.15, 0.2) is 0 Å². The van der Waals surface area contributed by atoms with E-state index in [1.807, 2.05) is 0 Å². The van der Waals surface area contributed by atoms with Gasteiger partial charge in [0.1, 0.15) is 0 Å². The van der Waals surface area contributed by atoms with Crippen LogP contribution in [0.2, 0.25) is 0 Å². The summed E-state index contributed by atoms with van der Waals surface area (Å²) in [7, 11) is 0. The third kappa shape index (κ3) is 5.60. The number of nitrogens with two attached hydrogens (primary N) is 1. The zero-order valence-electron chi connectivity index (χ0n) is 7.92. The minimum Gasteiger partial charge on any atom is -0.381 e. The molecular formula is C9H18N2O2. The standard InChI is InChI=1S/C9H18N2O2/c10-5-1-6-13-7-4-9(12)11-8-2-3-8/h8H,1-7,10H2,(H,11,12). The highest BCUT2D eigenvalue weighted by atomic mass is 16.5. The normalized spacial score (nSPS) is 15.8. The number of nitrogens with one attached hydrogen (secondary N) is 1. The Morgan fingerprint density at radius 2 is 2.23 bits per heavy atom. The van der Waals surface area contributed by atoms with E-state index in [0.717, 1.165) is 19.3 Å². The second kappa shape index (κ2) is 5.94. The molecule has 1 rings (SSSR count). The molecule has 0 unspecified atom stereocenters. The van der Waals surface area contributed by atoms with E-state index < -0.39 is 0 Å². The summed E-state index contributed by atoms with van der Waals surface area (Å²) < 4.78 is 5.21. The second-order valence-corrected chi connectivity index (χ2v) is 3.35. The molecule has 4 nitrogen and oxygen atoms in total. The van der Waals surface area contributed by atoms with E-state index in [4.69, 9.17) is 10.5 Å². The molecule has 1 amide bonds. The van der Waals surface area contributed by atoms with Crippen molar-refractivity contribution in [3.63, 3.8) is 0 Å². The van der Waals surface area contributed by atoms with E-state index in [0.29, 0.717) is 32.2 Å². The molecule has 13 heavy (non-hydrogen) atoms. The maximum atomic E-state index is 11.1. The Labute approximate surface area is 78.8 Å². The van der Waals surface area contributed by atoms with Gasteiger partial charge in [0.2, 0.25) is 5.91 Å². The van der Waals surface area contributed by atoms with Gasteiger partial charge < -0.3 is 15.8 Å². The van der Waals surface area contributed by atoms with Crippen molar-refractivity contribution in [1.82, 2.24) is 5.32 Å². The Bertz CT molecular complexity index is 158. The first kappa shape index (κ1) is 10.5. The molecule has 1 saturated carbocycles. The smallest absolute Gasteiger partial charge is 0.222 e. The molecule has 0 saturated heterocycles. The Balaban J connectivity index is 1.83. The molecule has 0 aliphatic heterocycles. The molecule has 0 atom stereocenters. The summed E-state index contributed by atoms with van der Waals surface area (Å²) in [5, 5.41) is 2.90. The van der Waals surface area contributed by atoms with Crippen molar-refractivity contribution in [2.45, 2.75) is 31.7 Å². The van der Waals surface area contributed by atoms with E-state index in [9.17, 15) is 4.79 Å². The van der Waals surface area contributed by atoms with E-state index in [-0.39, 0.29) is 5.91 Å². The van der Waals surface area contributed by atoms with Gasteiger partial charge in [0.25, 0.3) is 0 Å².